The van der Waals surface area contributed by atoms with Crippen LogP contribution < -0.4 is 0 Å². The molecule has 6 nitrogen and oxygen atoms in total. The van der Waals surface area contributed by atoms with E-state index < -0.39 is 15.4 Å². The molecule has 0 radical (unpaired) electrons. The quantitative estimate of drug-likeness (QED) is 0.795. The summed E-state index contributed by atoms with van der Waals surface area (Å²) < 4.78 is 29.3. The zero-order valence-electron chi connectivity index (χ0n) is 15.1. The number of hydrogen-bond acceptors (Lipinski definition) is 4. The van der Waals surface area contributed by atoms with Gasteiger partial charge in [0.2, 0.25) is 10.0 Å². The fraction of sp³-hybridized carbons (Fsp3) is 0.706. The lowest BCUT2D eigenvalue weighted by Gasteiger charge is -2.40. The third-order valence-electron chi connectivity index (χ3n) is 4.88. The topological polar surface area (TPSA) is 75.4 Å². The Morgan fingerprint density at radius 1 is 1.46 bits per heavy atom. The van der Waals surface area contributed by atoms with Gasteiger partial charge in [0.25, 0.3) is 0 Å². The largest absolute Gasteiger partial charge is 0.396 e. The molecule has 0 bridgehead atoms. The molecule has 0 aliphatic carbocycles. The fourth-order valence-electron chi connectivity index (χ4n) is 3.29. The molecule has 0 aromatic carbocycles. The second kappa shape index (κ2) is 7.37. The van der Waals surface area contributed by atoms with Crippen molar-refractivity contribution in [1.82, 2.24) is 14.1 Å². The van der Waals surface area contributed by atoms with Crippen LogP contribution in [0.3, 0.4) is 0 Å². The van der Waals surface area contributed by atoms with Crippen LogP contribution in [0.25, 0.3) is 0 Å². The van der Waals surface area contributed by atoms with Crippen molar-refractivity contribution in [2.45, 2.75) is 58.4 Å². The number of rotatable bonds is 6. The standard InChI is InChI=1S/C17H29N3O3S/c1-5-20-15(4)16(11-18-20)24(22,23)19-10-6-8-17(12-19,13-21)9-7-14(2)3/h7,11,21H,5-6,8-10,12-13H2,1-4H3/t17-/m0/s1. The minimum absolute atomic E-state index is 0.00396. The molecule has 1 aliphatic heterocycles. The molecule has 0 amide bonds. The second-order valence-corrected chi connectivity index (χ2v) is 8.90. The van der Waals surface area contributed by atoms with Crippen LogP contribution in [0.2, 0.25) is 0 Å². The number of piperidine rings is 1. The Labute approximate surface area is 145 Å². The van der Waals surface area contributed by atoms with Crippen molar-refractivity contribution in [3.05, 3.63) is 23.5 Å². The van der Waals surface area contributed by atoms with Crippen molar-refractivity contribution >= 4 is 10.0 Å². The molecule has 7 heteroatoms. The Bertz CT molecular complexity index is 705. The molecule has 1 saturated heterocycles. The van der Waals surface area contributed by atoms with Crippen molar-refractivity contribution in [2.75, 3.05) is 19.7 Å². The maximum Gasteiger partial charge on any atom is 0.246 e. The van der Waals surface area contributed by atoms with Gasteiger partial charge in [0.05, 0.1) is 18.5 Å². The molecule has 24 heavy (non-hydrogen) atoms. The molecule has 1 aliphatic rings. The number of allylic oxidation sites excluding steroid dienone is 2. The van der Waals surface area contributed by atoms with Crippen LogP contribution in [-0.2, 0) is 16.6 Å². The van der Waals surface area contributed by atoms with Crippen LogP contribution in [0.5, 0.6) is 0 Å². The number of hydrogen-bond donors (Lipinski definition) is 1. The smallest absolute Gasteiger partial charge is 0.246 e. The van der Waals surface area contributed by atoms with E-state index in [4.69, 9.17) is 0 Å². The Morgan fingerprint density at radius 2 is 2.17 bits per heavy atom. The van der Waals surface area contributed by atoms with Gasteiger partial charge in [-0.25, -0.2) is 8.42 Å². The Hall–Kier alpha value is -1.18. The highest BCUT2D eigenvalue weighted by Gasteiger charge is 2.40. The summed E-state index contributed by atoms with van der Waals surface area (Å²) in [5.74, 6) is 0. The molecule has 0 spiro atoms. The minimum Gasteiger partial charge on any atom is -0.396 e. The SMILES string of the molecule is CCn1ncc(S(=O)(=O)N2CCC[C@](CO)(CC=C(C)C)C2)c1C. The highest BCUT2D eigenvalue weighted by atomic mass is 32.2. The number of sulfonamides is 1. The predicted molar refractivity (Wildman–Crippen MR) is 94.2 cm³/mol. The number of aliphatic hydroxyl groups excluding tert-OH is 1. The first-order chi connectivity index (χ1) is 11.3. The Kier molecular flexibility index (Phi) is 5.88. The summed E-state index contributed by atoms with van der Waals surface area (Å²) in [4.78, 5) is 0.278. The van der Waals surface area contributed by atoms with Gasteiger partial charge in [0, 0.05) is 25.0 Å². The second-order valence-electron chi connectivity index (χ2n) is 7.00. The monoisotopic (exact) mass is 355 g/mol. The van der Waals surface area contributed by atoms with E-state index in [1.54, 1.807) is 11.6 Å². The van der Waals surface area contributed by atoms with Gasteiger partial charge in [0.1, 0.15) is 4.90 Å². The maximum absolute atomic E-state index is 13.1. The summed E-state index contributed by atoms with van der Waals surface area (Å²) in [5.41, 5.74) is 1.46. The van der Waals surface area contributed by atoms with E-state index in [0.29, 0.717) is 31.7 Å². The highest BCUT2D eigenvalue weighted by Crippen LogP contribution is 2.36. The van der Waals surface area contributed by atoms with E-state index in [1.165, 1.54) is 16.1 Å². The summed E-state index contributed by atoms with van der Waals surface area (Å²) in [6.07, 6.45) is 5.83. The molecule has 1 N–H and O–H groups in total. The molecule has 2 heterocycles. The molecule has 1 fully saturated rings. The zero-order chi connectivity index (χ0) is 18.0. The first-order valence-electron chi connectivity index (χ1n) is 8.52. The van der Waals surface area contributed by atoms with Gasteiger partial charge in [0.15, 0.2) is 0 Å². The molecule has 2 rings (SSSR count). The highest BCUT2D eigenvalue weighted by molar-refractivity contribution is 7.89. The molecule has 136 valence electrons. The number of aryl methyl sites for hydroxylation is 1. The molecule has 1 atom stereocenters. The summed E-state index contributed by atoms with van der Waals surface area (Å²) in [5, 5.41) is 14.1. The van der Waals surface area contributed by atoms with Crippen molar-refractivity contribution in [2.24, 2.45) is 5.41 Å². The van der Waals surface area contributed by atoms with Crippen LogP contribution in [0.4, 0.5) is 0 Å². The van der Waals surface area contributed by atoms with Gasteiger partial charge in [-0.15, -0.1) is 0 Å². The van der Waals surface area contributed by atoms with Crippen LogP contribution in [-0.4, -0.2) is 47.3 Å². The van der Waals surface area contributed by atoms with E-state index in [0.717, 1.165) is 12.8 Å². The van der Waals surface area contributed by atoms with Gasteiger partial charge < -0.3 is 5.11 Å². The first-order valence-corrected chi connectivity index (χ1v) is 9.96. The van der Waals surface area contributed by atoms with Crippen LogP contribution in [0, 0.1) is 12.3 Å². The number of nitrogens with zero attached hydrogens (tertiary/aromatic N) is 3. The third kappa shape index (κ3) is 3.73. The predicted octanol–water partition coefficient (Wildman–Crippen LogP) is 2.33. The normalized spacial score (nSPS) is 22.5. The molecular weight excluding hydrogens is 326 g/mol. The van der Waals surface area contributed by atoms with Crippen molar-refractivity contribution in [3.8, 4) is 0 Å². The molecule has 1 aromatic heterocycles. The molecule has 0 saturated carbocycles. The molecular formula is C17H29N3O3S. The molecule has 1 aromatic rings. The van der Waals surface area contributed by atoms with Crippen molar-refractivity contribution in [1.29, 1.82) is 0 Å². The molecule has 0 unspecified atom stereocenters. The summed E-state index contributed by atoms with van der Waals surface area (Å²) in [6.45, 7) is 9.25. The summed E-state index contributed by atoms with van der Waals surface area (Å²) in [6, 6.07) is 0. The average molecular weight is 356 g/mol. The Morgan fingerprint density at radius 3 is 2.71 bits per heavy atom. The van der Waals surface area contributed by atoms with Gasteiger partial charge >= 0.3 is 0 Å². The van der Waals surface area contributed by atoms with Crippen LogP contribution in [0.15, 0.2) is 22.7 Å². The number of aliphatic hydroxyl groups is 1. The van der Waals surface area contributed by atoms with E-state index in [9.17, 15) is 13.5 Å². The number of aromatic nitrogens is 2. The van der Waals surface area contributed by atoms with E-state index in [-0.39, 0.29) is 11.5 Å². The van der Waals surface area contributed by atoms with E-state index >= 15 is 0 Å². The van der Waals surface area contributed by atoms with E-state index in [2.05, 4.69) is 11.2 Å². The van der Waals surface area contributed by atoms with Gasteiger partial charge in [-0.05, 0) is 47.0 Å². The lowest BCUT2D eigenvalue weighted by molar-refractivity contribution is 0.0667. The van der Waals surface area contributed by atoms with Gasteiger partial charge in [-0.3, -0.25) is 4.68 Å². The lowest BCUT2D eigenvalue weighted by atomic mass is 9.78. The maximum atomic E-state index is 13.1. The summed E-state index contributed by atoms with van der Waals surface area (Å²) >= 11 is 0. The fourth-order valence-corrected chi connectivity index (χ4v) is 5.04. The van der Waals surface area contributed by atoms with Crippen LogP contribution >= 0.6 is 0 Å². The first kappa shape index (κ1) is 19.1. The van der Waals surface area contributed by atoms with Crippen LogP contribution in [0.1, 0.15) is 45.7 Å². The minimum atomic E-state index is -3.58. The Balaban J connectivity index is 2.30. The average Bonchev–Trinajstić information content (AvgIpc) is 2.94. The summed E-state index contributed by atoms with van der Waals surface area (Å²) in [7, 11) is -3.58. The van der Waals surface area contributed by atoms with Crippen molar-refractivity contribution < 1.29 is 13.5 Å². The van der Waals surface area contributed by atoms with Gasteiger partial charge in [-0.2, -0.15) is 9.40 Å². The van der Waals surface area contributed by atoms with Crippen molar-refractivity contribution in [3.63, 3.8) is 0 Å². The third-order valence-corrected chi connectivity index (χ3v) is 6.83. The van der Waals surface area contributed by atoms with E-state index in [1.807, 2.05) is 20.8 Å². The zero-order valence-corrected chi connectivity index (χ0v) is 15.9. The lowest BCUT2D eigenvalue weighted by Crippen LogP contribution is -2.47. The van der Waals surface area contributed by atoms with Gasteiger partial charge in [-0.1, -0.05) is 11.6 Å².